The van der Waals surface area contributed by atoms with Crippen LogP contribution in [0.5, 0.6) is 0 Å². The lowest BCUT2D eigenvalue weighted by Gasteiger charge is -2.14. The SMILES string of the molecule is O=S(=O)(NC1CCCC1)c1ccc(CNC2CC2)cc1Br. The molecule has 116 valence electrons. The van der Waals surface area contributed by atoms with E-state index in [2.05, 4.69) is 26.0 Å². The molecule has 0 saturated heterocycles. The minimum absolute atomic E-state index is 0.0955. The van der Waals surface area contributed by atoms with Crippen LogP contribution in [0, 0.1) is 0 Å². The number of benzene rings is 1. The van der Waals surface area contributed by atoms with Gasteiger partial charge in [-0.25, -0.2) is 13.1 Å². The van der Waals surface area contributed by atoms with Crippen LogP contribution in [0.1, 0.15) is 44.1 Å². The molecule has 0 unspecified atom stereocenters. The highest BCUT2D eigenvalue weighted by Gasteiger charge is 2.25. The van der Waals surface area contributed by atoms with Crippen molar-refractivity contribution in [3.05, 3.63) is 28.2 Å². The molecular weight excluding hydrogens is 352 g/mol. The summed E-state index contributed by atoms with van der Waals surface area (Å²) in [5, 5.41) is 3.43. The van der Waals surface area contributed by atoms with Gasteiger partial charge in [-0.2, -0.15) is 0 Å². The van der Waals surface area contributed by atoms with E-state index in [1.165, 1.54) is 12.8 Å². The van der Waals surface area contributed by atoms with Gasteiger partial charge in [-0.3, -0.25) is 0 Å². The van der Waals surface area contributed by atoms with E-state index in [9.17, 15) is 8.42 Å². The fraction of sp³-hybridized carbons (Fsp3) is 0.600. The molecule has 2 fully saturated rings. The summed E-state index contributed by atoms with van der Waals surface area (Å²) in [7, 11) is -3.43. The molecule has 2 saturated carbocycles. The Bertz CT molecular complexity index is 608. The predicted molar refractivity (Wildman–Crippen MR) is 86.6 cm³/mol. The van der Waals surface area contributed by atoms with Crippen molar-refractivity contribution < 1.29 is 8.42 Å². The largest absolute Gasteiger partial charge is 0.310 e. The molecule has 21 heavy (non-hydrogen) atoms. The van der Waals surface area contributed by atoms with E-state index in [-0.39, 0.29) is 6.04 Å². The van der Waals surface area contributed by atoms with Gasteiger partial charge in [-0.15, -0.1) is 0 Å². The van der Waals surface area contributed by atoms with Gasteiger partial charge in [-0.1, -0.05) is 18.9 Å². The Kier molecular flexibility index (Phi) is 4.69. The fourth-order valence-corrected chi connectivity index (χ4v) is 5.18. The normalized spacial score (nSPS) is 20.0. The van der Waals surface area contributed by atoms with Crippen LogP contribution in [-0.4, -0.2) is 20.5 Å². The van der Waals surface area contributed by atoms with Gasteiger partial charge < -0.3 is 5.32 Å². The van der Waals surface area contributed by atoms with E-state index in [1.807, 2.05) is 12.1 Å². The average Bonchev–Trinajstić information content (AvgIpc) is 3.13. The predicted octanol–water partition coefficient (Wildman–Crippen LogP) is 2.92. The first kappa shape index (κ1) is 15.5. The van der Waals surface area contributed by atoms with Crippen LogP contribution in [-0.2, 0) is 16.6 Å². The van der Waals surface area contributed by atoms with Gasteiger partial charge in [-0.05, 0) is 59.3 Å². The van der Waals surface area contributed by atoms with Gasteiger partial charge in [0.15, 0.2) is 0 Å². The maximum absolute atomic E-state index is 12.4. The highest BCUT2D eigenvalue weighted by Crippen LogP contribution is 2.26. The van der Waals surface area contributed by atoms with Crippen LogP contribution < -0.4 is 10.0 Å². The molecule has 0 radical (unpaired) electrons. The monoisotopic (exact) mass is 372 g/mol. The molecule has 1 aromatic carbocycles. The van der Waals surface area contributed by atoms with Crippen LogP contribution >= 0.6 is 15.9 Å². The second-order valence-electron chi connectivity index (χ2n) is 6.02. The van der Waals surface area contributed by atoms with Crippen molar-refractivity contribution in [3.8, 4) is 0 Å². The first-order valence-corrected chi connectivity index (χ1v) is 9.86. The molecule has 2 aliphatic rings. The van der Waals surface area contributed by atoms with Gasteiger partial charge in [0.2, 0.25) is 10.0 Å². The Morgan fingerprint density at radius 2 is 1.81 bits per heavy atom. The Labute approximate surface area is 134 Å². The van der Waals surface area contributed by atoms with Crippen molar-refractivity contribution in [1.29, 1.82) is 0 Å². The maximum atomic E-state index is 12.4. The zero-order valence-corrected chi connectivity index (χ0v) is 14.3. The van der Waals surface area contributed by atoms with Crippen LogP contribution in [0.3, 0.4) is 0 Å². The first-order chi connectivity index (χ1) is 10.0. The molecule has 0 atom stereocenters. The number of nitrogens with one attached hydrogen (secondary N) is 2. The number of halogens is 1. The molecule has 2 N–H and O–H groups in total. The van der Waals surface area contributed by atoms with Gasteiger partial charge in [0.25, 0.3) is 0 Å². The quantitative estimate of drug-likeness (QED) is 0.806. The number of rotatable bonds is 6. The van der Waals surface area contributed by atoms with Crippen molar-refractivity contribution in [2.75, 3.05) is 0 Å². The Morgan fingerprint density at radius 1 is 1.10 bits per heavy atom. The van der Waals surface area contributed by atoms with Crippen molar-refractivity contribution >= 4 is 26.0 Å². The molecule has 6 heteroatoms. The van der Waals surface area contributed by atoms with Crippen LogP contribution in [0.4, 0.5) is 0 Å². The Hall–Kier alpha value is -0.430. The minimum atomic E-state index is -3.43. The first-order valence-electron chi connectivity index (χ1n) is 7.59. The summed E-state index contributed by atoms with van der Waals surface area (Å²) < 4.78 is 28.3. The van der Waals surface area contributed by atoms with Crippen molar-refractivity contribution in [2.45, 2.75) is 62.0 Å². The van der Waals surface area contributed by atoms with E-state index in [4.69, 9.17) is 0 Å². The van der Waals surface area contributed by atoms with E-state index < -0.39 is 10.0 Å². The molecule has 0 aliphatic heterocycles. The van der Waals surface area contributed by atoms with Crippen molar-refractivity contribution in [2.24, 2.45) is 0 Å². The highest BCUT2D eigenvalue weighted by molar-refractivity contribution is 9.10. The van der Waals surface area contributed by atoms with Crippen LogP contribution in [0.2, 0.25) is 0 Å². The maximum Gasteiger partial charge on any atom is 0.241 e. The standard InChI is InChI=1S/C15H21BrN2O2S/c16-14-9-11(10-17-12-6-7-12)5-8-15(14)21(19,20)18-13-3-1-2-4-13/h5,8-9,12-13,17-18H,1-4,6-7,10H2. The molecule has 0 bridgehead atoms. The second kappa shape index (κ2) is 6.36. The number of sulfonamides is 1. The van der Waals surface area contributed by atoms with Crippen molar-refractivity contribution in [1.82, 2.24) is 10.0 Å². The van der Waals surface area contributed by atoms with Gasteiger partial charge >= 0.3 is 0 Å². The smallest absolute Gasteiger partial charge is 0.241 e. The Balaban J connectivity index is 1.70. The molecule has 4 nitrogen and oxygen atoms in total. The van der Waals surface area contributed by atoms with Gasteiger partial charge in [0.1, 0.15) is 0 Å². The summed E-state index contributed by atoms with van der Waals surface area (Å²) in [6.07, 6.45) is 6.61. The highest BCUT2D eigenvalue weighted by atomic mass is 79.9. The van der Waals surface area contributed by atoms with Gasteiger partial charge in [0, 0.05) is 23.1 Å². The topological polar surface area (TPSA) is 58.2 Å². The molecule has 2 aliphatic carbocycles. The third kappa shape index (κ3) is 4.06. The van der Waals surface area contributed by atoms with Crippen LogP contribution in [0.25, 0.3) is 0 Å². The minimum Gasteiger partial charge on any atom is -0.310 e. The summed E-state index contributed by atoms with van der Waals surface area (Å²) in [5.74, 6) is 0. The van der Waals surface area contributed by atoms with Gasteiger partial charge in [0.05, 0.1) is 4.90 Å². The molecule has 0 spiro atoms. The third-order valence-electron chi connectivity index (χ3n) is 4.14. The molecule has 0 heterocycles. The lowest BCUT2D eigenvalue weighted by Crippen LogP contribution is -2.32. The van der Waals surface area contributed by atoms with E-state index in [0.29, 0.717) is 15.4 Å². The summed E-state index contributed by atoms with van der Waals surface area (Å²) in [4.78, 5) is 0.338. The van der Waals surface area contributed by atoms with Crippen LogP contribution in [0.15, 0.2) is 27.6 Å². The lowest BCUT2D eigenvalue weighted by atomic mass is 10.2. The summed E-state index contributed by atoms with van der Waals surface area (Å²) in [6.45, 7) is 0.791. The van der Waals surface area contributed by atoms with E-state index in [0.717, 1.165) is 37.8 Å². The zero-order valence-electron chi connectivity index (χ0n) is 11.9. The summed E-state index contributed by atoms with van der Waals surface area (Å²) in [6, 6.07) is 6.24. The molecule has 0 aromatic heterocycles. The Morgan fingerprint density at radius 3 is 2.43 bits per heavy atom. The summed E-state index contributed by atoms with van der Waals surface area (Å²) in [5.41, 5.74) is 1.11. The number of hydrogen-bond acceptors (Lipinski definition) is 3. The fourth-order valence-electron chi connectivity index (χ4n) is 2.75. The van der Waals surface area contributed by atoms with E-state index in [1.54, 1.807) is 6.07 Å². The van der Waals surface area contributed by atoms with Crippen molar-refractivity contribution in [3.63, 3.8) is 0 Å². The summed E-state index contributed by atoms with van der Waals surface area (Å²) >= 11 is 3.41. The molecule has 0 amide bonds. The molecular formula is C15H21BrN2O2S. The second-order valence-corrected chi connectivity index (χ2v) is 8.56. The zero-order chi connectivity index (χ0) is 14.9. The average molecular weight is 373 g/mol. The van der Waals surface area contributed by atoms with E-state index >= 15 is 0 Å². The number of hydrogen-bond donors (Lipinski definition) is 2. The lowest BCUT2D eigenvalue weighted by molar-refractivity contribution is 0.551. The molecule has 1 aromatic rings. The molecule has 3 rings (SSSR count). The third-order valence-corrected chi connectivity index (χ3v) is 6.63.